The average Bonchev–Trinajstić information content (AvgIpc) is 2.43. The summed E-state index contributed by atoms with van der Waals surface area (Å²) in [6.45, 7) is 3.98. The number of aryl methyl sites for hydroxylation is 1. The van der Waals surface area contributed by atoms with Crippen LogP contribution >= 0.6 is 0 Å². The Morgan fingerprint density at radius 3 is 2.25 bits per heavy atom. The van der Waals surface area contributed by atoms with Gasteiger partial charge in [-0.25, -0.2) is 13.2 Å². The van der Waals surface area contributed by atoms with E-state index in [-0.39, 0.29) is 11.4 Å². The van der Waals surface area contributed by atoms with Gasteiger partial charge in [-0.1, -0.05) is 25.1 Å². The van der Waals surface area contributed by atoms with Gasteiger partial charge in [0.1, 0.15) is 17.5 Å². The van der Waals surface area contributed by atoms with Crippen molar-refractivity contribution in [1.29, 1.82) is 0 Å². The first-order valence-electron chi connectivity index (χ1n) is 6.48. The molecule has 0 saturated heterocycles. The lowest BCUT2D eigenvalue weighted by molar-refractivity contribution is 0.506. The van der Waals surface area contributed by atoms with Crippen LogP contribution in [0.25, 0.3) is 0 Å². The maximum Gasteiger partial charge on any atom is 0.134 e. The van der Waals surface area contributed by atoms with Crippen LogP contribution in [0.4, 0.5) is 13.2 Å². The van der Waals surface area contributed by atoms with Crippen molar-refractivity contribution in [1.82, 2.24) is 5.32 Å². The van der Waals surface area contributed by atoms with Gasteiger partial charge in [0.05, 0.1) is 6.04 Å². The minimum Gasteiger partial charge on any atom is -0.306 e. The third kappa shape index (κ3) is 2.85. The van der Waals surface area contributed by atoms with E-state index in [1.54, 1.807) is 6.92 Å². The Hall–Kier alpha value is -1.81. The van der Waals surface area contributed by atoms with Gasteiger partial charge in [-0.3, -0.25) is 0 Å². The summed E-state index contributed by atoms with van der Waals surface area (Å²) < 4.78 is 41.3. The zero-order valence-corrected chi connectivity index (χ0v) is 11.4. The van der Waals surface area contributed by atoms with Crippen LogP contribution in [0.2, 0.25) is 0 Å². The van der Waals surface area contributed by atoms with Crippen molar-refractivity contribution in [3.63, 3.8) is 0 Å². The Balaban J connectivity index is 2.54. The number of nitrogens with one attached hydrogen (secondary N) is 1. The molecule has 2 rings (SSSR count). The molecular formula is C16H16F3N. The minimum atomic E-state index is -0.638. The second-order valence-electron chi connectivity index (χ2n) is 4.63. The summed E-state index contributed by atoms with van der Waals surface area (Å²) in [5.41, 5.74) is 0.974. The van der Waals surface area contributed by atoms with E-state index in [0.717, 1.165) is 0 Å². The molecule has 1 N–H and O–H groups in total. The molecule has 0 fully saturated rings. The summed E-state index contributed by atoms with van der Waals surface area (Å²) in [5, 5.41) is 3.04. The van der Waals surface area contributed by atoms with Crippen LogP contribution in [0.3, 0.4) is 0 Å². The third-order valence-electron chi connectivity index (χ3n) is 3.22. The Kier molecular flexibility index (Phi) is 4.45. The molecule has 0 saturated carbocycles. The summed E-state index contributed by atoms with van der Waals surface area (Å²) in [4.78, 5) is 0. The molecule has 1 nitrogen and oxygen atoms in total. The van der Waals surface area contributed by atoms with E-state index >= 15 is 0 Å². The van der Waals surface area contributed by atoms with Crippen molar-refractivity contribution in [2.45, 2.75) is 19.9 Å². The lowest BCUT2D eigenvalue weighted by Gasteiger charge is -2.21. The van der Waals surface area contributed by atoms with Gasteiger partial charge in [0.2, 0.25) is 0 Å². The van der Waals surface area contributed by atoms with E-state index in [9.17, 15) is 13.2 Å². The number of halogens is 3. The SMILES string of the molecule is CCNC(c1ccc(F)cc1)c1c(F)ccc(C)c1F. The Labute approximate surface area is 116 Å². The smallest absolute Gasteiger partial charge is 0.134 e. The van der Waals surface area contributed by atoms with E-state index in [0.29, 0.717) is 17.7 Å². The zero-order valence-electron chi connectivity index (χ0n) is 11.4. The Morgan fingerprint density at radius 2 is 1.65 bits per heavy atom. The van der Waals surface area contributed by atoms with Crippen molar-refractivity contribution >= 4 is 0 Å². The van der Waals surface area contributed by atoms with Crippen LogP contribution in [0.15, 0.2) is 36.4 Å². The molecule has 20 heavy (non-hydrogen) atoms. The predicted octanol–water partition coefficient (Wildman–Crippen LogP) is 4.11. The normalized spacial score (nSPS) is 12.4. The third-order valence-corrected chi connectivity index (χ3v) is 3.22. The fourth-order valence-electron chi connectivity index (χ4n) is 2.19. The molecule has 106 valence electrons. The minimum absolute atomic E-state index is 0.0292. The van der Waals surface area contributed by atoms with Crippen LogP contribution < -0.4 is 5.32 Å². The summed E-state index contributed by atoms with van der Waals surface area (Å²) in [6, 6.07) is 7.65. The van der Waals surface area contributed by atoms with Crippen LogP contribution in [-0.2, 0) is 0 Å². The van der Waals surface area contributed by atoms with Gasteiger partial charge in [-0.15, -0.1) is 0 Å². The molecule has 0 bridgehead atoms. The first-order chi connectivity index (χ1) is 9.54. The van der Waals surface area contributed by atoms with Crippen LogP contribution in [0.1, 0.15) is 29.7 Å². The fourth-order valence-corrected chi connectivity index (χ4v) is 2.19. The molecule has 0 aliphatic rings. The summed E-state index contributed by atoms with van der Waals surface area (Å²) >= 11 is 0. The lowest BCUT2D eigenvalue weighted by atomic mass is 9.96. The monoisotopic (exact) mass is 279 g/mol. The maximum atomic E-state index is 14.2. The molecule has 0 aliphatic heterocycles. The molecule has 0 aromatic heterocycles. The summed E-state index contributed by atoms with van der Waals surface area (Å²) in [7, 11) is 0. The Morgan fingerprint density at radius 1 is 1.00 bits per heavy atom. The molecule has 4 heteroatoms. The molecule has 1 atom stereocenters. The lowest BCUT2D eigenvalue weighted by Crippen LogP contribution is -2.24. The van der Waals surface area contributed by atoms with Gasteiger partial charge in [-0.05, 0) is 42.8 Å². The van der Waals surface area contributed by atoms with Gasteiger partial charge in [-0.2, -0.15) is 0 Å². The van der Waals surface area contributed by atoms with Crippen LogP contribution in [0, 0.1) is 24.4 Å². The molecule has 2 aromatic carbocycles. The topological polar surface area (TPSA) is 12.0 Å². The highest BCUT2D eigenvalue weighted by Gasteiger charge is 2.22. The molecule has 2 aromatic rings. The number of benzene rings is 2. The van der Waals surface area contributed by atoms with Crippen LogP contribution in [-0.4, -0.2) is 6.54 Å². The highest BCUT2D eigenvalue weighted by Crippen LogP contribution is 2.28. The molecule has 1 unspecified atom stereocenters. The quantitative estimate of drug-likeness (QED) is 0.888. The molecule has 0 radical (unpaired) electrons. The summed E-state index contributed by atoms with van der Waals surface area (Å²) in [6.07, 6.45) is 0. The highest BCUT2D eigenvalue weighted by molar-refractivity contribution is 5.36. The van der Waals surface area contributed by atoms with Crippen LogP contribution in [0.5, 0.6) is 0 Å². The van der Waals surface area contributed by atoms with E-state index in [1.165, 1.54) is 36.4 Å². The van der Waals surface area contributed by atoms with Crippen molar-refractivity contribution in [2.75, 3.05) is 6.54 Å². The predicted molar refractivity (Wildman–Crippen MR) is 73.0 cm³/mol. The van der Waals surface area contributed by atoms with E-state index in [2.05, 4.69) is 5.32 Å². The Bertz CT molecular complexity index is 593. The van der Waals surface area contributed by atoms with Gasteiger partial charge in [0.15, 0.2) is 0 Å². The van der Waals surface area contributed by atoms with Crippen molar-refractivity contribution in [3.05, 3.63) is 70.5 Å². The zero-order chi connectivity index (χ0) is 14.7. The second kappa shape index (κ2) is 6.09. The van der Waals surface area contributed by atoms with Crippen molar-refractivity contribution in [3.8, 4) is 0 Å². The molecule has 0 spiro atoms. The van der Waals surface area contributed by atoms with E-state index in [1.807, 2.05) is 6.92 Å². The molecule has 0 amide bonds. The standard InChI is InChI=1S/C16H16F3N/c1-3-20-16(11-5-7-12(17)8-6-11)14-13(18)9-4-10(2)15(14)19/h4-9,16,20H,3H2,1-2H3. The number of hydrogen-bond donors (Lipinski definition) is 1. The average molecular weight is 279 g/mol. The fraction of sp³-hybridized carbons (Fsp3) is 0.250. The highest BCUT2D eigenvalue weighted by atomic mass is 19.1. The molecule has 0 heterocycles. The number of hydrogen-bond acceptors (Lipinski definition) is 1. The summed E-state index contributed by atoms with van der Waals surface area (Å²) in [5.74, 6) is -1.56. The largest absolute Gasteiger partial charge is 0.306 e. The van der Waals surface area contributed by atoms with Gasteiger partial charge < -0.3 is 5.32 Å². The molecular weight excluding hydrogens is 263 g/mol. The van der Waals surface area contributed by atoms with E-state index in [4.69, 9.17) is 0 Å². The van der Waals surface area contributed by atoms with Gasteiger partial charge in [0.25, 0.3) is 0 Å². The van der Waals surface area contributed by atoms with Gasteiger partial charge >= 0.3 is 0 Å². The van der Waals surface area contributed by atoms with Crippen molar-refractivity contribution in [2.24, 2.45) is 0 Å². The first kappa shape index (κ1) is 14.6. The number of rotatable bonds is 4. The van der Waals surface area contributed by atoms with E-state index < -0.39 is 17.7 Å². The van der Waals surface area contributed by atoms with Crippen molar-refractivity contribution < 1.29 is 13.2 Å². The molecule has 0 aliphatic carbocycles. The van der Waals surface area contributed by atoms with Gasteiger partial charge in [0, 0.05) is 5.56 Å². The first-order valence-corrected chi connectivity index (χ1v) is 6.48. The maximum absolute atomic E-state index is 14.2. The second-order valence-corrected chi connectivity index (χ2v) is 4.63.